The lowest BCUT2D eigenvalue weighted by Gasteiger charge is -2.31. The second-order valence-electron chi connectivity index (χ2n) is 7.70. The fourth-order valence-corrected chi connectivity index (χ4v) is 4.88. The summed E-state index contributed by atoms with van der Waals surface area (Å²) in [6.07, 6.45) is -0.240. The molecule has 5 rings (SSSR count). The molecule has 174 valence electrons. The zero-order chi connectivity index (χ0) is 24.0. The number of carbonyl (C=O) groups is 1. The normalized spacial score (nSPS) is 15.6. The van der Waals surface area contributed by atoms with Gasteiger partial charge in [0.25, 0.3) is 11.9 Å². The molecule has 1 aromatic heterocycles. The average molecular weight is 482 g/mol. The van der Waals surface area contributed by atoms with E-state index in [1.165, 1.54) is 40.4 Å². The Hall–Kier alpha value is -3.93. The molecule has 3 aromatic rings. The molecule has 0 saturated heterocycles. The van der Waals surface area contributed by atoms with Crippen LogP contribution in [0.2, 0.25) is 0 Å². The number of H-pyrrole nitrogens is 1. The van der Waals surface area contributed by atoms with Crippen LogP contribution in [0.25, 0.3) is 11.3 Å². The quantitative estimate of drug-likeness (QED) is 0.254. The number of para-hydroxylation sites is 1. The molecule has 1 amide bonds. The Kier molecular flexibility index (Phi) is 5.44. The Balaban J connectivity index is 1.84. The maximum atomic E-state index is 13.3. The van der Waals surface area contributed by atoms with E-state index in [-0.39, 0.29) is 35.4 Å². The number of hydrogen-bond donors (Lipinski definition) is 1. The minimum absolute atomic E-state index is 0.0701. The number of fused-ring (bicyclic) bond motifs is 4. The van der Waals surface area contributed by atoms with Gasteiger partial charge in [0.15, 0.2) is 11.5 Å². The van der Waals surface area contributed by atoms with E-state index in [4.69, 9.17) is 9.47 Å². The number of ether oxygens (including phenoxy) is 2. The Bertz CT molecular complexity index is 1390. The minimum Gasteiger partial charge on any atom is -0.454 e. The molecule has 0 bridgehead atoms. The third kappa shape index (κ3) is 3.46. The van der Waals surface area contributed by atoms with E-state index in [1.807, 2.05) is 6.92 Å². The number of nitro benzene ring substituents is 1. The number of nitro groups is 1. The van der Waals surface area contributed by atoms with Crippen molar-refractivity contribution in [2.45, 2.75) is 31.6 Å². The third-order valence-corrected chi connectivity index (χ3v) is 6.61. The summed E-state index contributed by atoms with van der Waals surface area (Å²) in [5, 5.41) is 17.1. The lowest BCUT2D eigenvalue weighted by Crippen LogP contribution is -2.60. The molecule has 0 fully saturated rings. The summed E-state index contributed by atoms with van der Waals surface area (Å²) < 4.78 is 12.2. The van der Waals surface area contributed by atoms with Gasteiger partial charge in [-0.05, 0) is 23.2 Å². The van der Waals surface area contributed by atoms with Crippen molar-refractivity contribution in [3.05, 3.63) is 62.4 Å². The van der Waals surface area contributed by atoms with Gasteiger partial charge in [0, 0.05) is 23.8 Å². The van der Waals surface area contributed by atoms with Gasteiger partial charge in [-0.1, -0.05) is 30.8 Å². The molecule has 1 atom stereocenters. The molecule has 1 N–H and O–H groups in total. The number of rotatable bonds is 5. The Morgan fingerprint density at radius 3 is 2.76 bits per heavy atom. The second kappa shape index (κ2) is 8.45. The van der Waals surface area contributed by atoms with Gasteiger partial charge in [-0.25, -0.2) is 4.90 Å². The molecule has 12 heteroatoms. The van der Waals surface area contributed by atoms with Crippen LogP contribution in [0.5, 0.6) is 11.5 Å². The molecule has 3 heterocycles. The number of benzene rings is 2. The Morgan fingerprint density at radius 1 is 1.32 bits per heavy atom. The lowest BCUT2D eigenvalue weighted by atomic mass is 10.00. The standard InChI is InChI=1S/C22H19N5O6S/c1-3-8-34-22-23-20(29)19-13-6-4-5-7-15(13)25(12(2)28)21(26(19)24-22)14-9-17-18(33-11-32-17)10-16(14)27(30)31/h4-7,9-10,21H,3,8,11H2,1-2H3/p+1. The maximum absolute atomic E-state index is 13.3. The van der Waals surface area contributed by atoms with Gasteiger partial charge >= 0.3 is 11.3 Å². The number of carbonyl (C=O) groups excluding carboxylic acids is 1. The van der Waals surface area contributed by atoms with Crippen molar-refractivity contribution in [3.8, 4) is 22.8 Å². The fraction of sp³-hybridized carbons (Fsp3) is 0.273. The molecule has 34 heavy (non-hydrogen) atoms. The minimum atomic E-state index is -1.10. The molecule has 0 radical (unpaired) electrons. The van der Waals surface area contributed by atoms with E-state index < -0.39 is 16.6 Å². The van der Waals surface area contributed by atoms with Crippen molar-refractivity contribution in [2.24, 2.45) is 0 Å². The maximum Gasteiger partial charge on any atom is 0.325 e. The molecule has 0 spiro atoms. The molecule has 2 aromatic carbocycles. The second-order valence-corrected chi connectivity index (χ2v) is 8.79. The smallest absolute Gasteiger partial charge is 0.325 e. The van der Waals surface area contributed by atoms with E-state index in [2.05, 4.69) is 10.1 Å². The monoisotopic (exact) mass is 482 g/mol. The first kappa shape index (κ1) is 21.9. The summed E-state index contributed by atoms with van der Waals surface area (Å²) in [7, 11) is 0. The van der Waals surface area contributed by atoms with Gasteiger partial charge in [-0.15, -0.1) is 0 Å². The Labute approximate surface area is 197 Å². The van der Waals surface area contributed by atoms with Crippen LogP contribution in [0.3, 0.4) is 0 Å². The van der Waals surface area contributed by atoms with Crippen LogP contribution in [-0.4, -0.2) is 33.5 Å². The van der Waals surface area contributed by atoms with Crippen LogP contribution < -0.4 is 24.6 Å². The first-order chi connectivity index (χ1) is 16.4. The number of anilines is 1. The SMILES string of the molecule is CCCSc1n[n+]2c(c(=O)[nH]1)-c1ccccc1N(C(C)=O)C2c1cc2c(cc1[N+](=O)[O-])OCO2. The van der Waals surface area contributed by atoms with Crippen LogP contribution in [0.1, 0.15) is 32.0 Å². The zero-order valence-corrected chi connectivity index (χ0v) is 19.1. The number of aromatic nitrogens is 3. The van der Waals surface area contributed by atoms with Gasteiger partial charge in [0.1, 0.15) is 5.56 Å². The number of aromatic amines is 1. The van der Waals surface area contributed by atoms with E-state index in [0.29, 0.717) is 27.9 Å². The molecular formula is C22H20N5O6S+. The van der Waals surface area contributed by atoms with Crippen LogP contribution in [0, 0.1) is 10.1 Å². The fourth-order valence-electron chi connectivity index (χ4n) is 4.17. The van der Waals surface area contributed by atoms with Crippen molar-refractivity contribution in [1.29, 1.82) is 0 Å². The highest BCUT2D eigenvalue weighted by Gasteiger charge is 2.48. The van der Waals surface area contributed by atoms with Gasteiger partial charge in [-0.2, -0.15) is 0 Å². The van der Waals surface area contributed by atoms with Crippen molar-refractivity contribution in [1.82, 2.24) is 10.1 Å². The van der Waals surface area contributed by atoms with E-state index in [9.17, 15) is 19.7 Å². The highest BCUT2D eigenvalue weighted by atomic mass is 32.2. The molecular weight excluding hydrogens is 462 g/mol. The van der Waals surface area contributed by atoms with Crippen LogP contribution in [0.15, 0.2) is 46.3 Å². The van der Waals surface area contributed by atoms with Crippen molar-refractivity contribution in [2.75, 3.05) is 17.4 Å². The number of hydrogen-bond acceptors (Lipinski definition) is 8. The molecule has 2 aliphatic rings. The van der Waals surface area contributed by atoms with Crippen LogP contribution in [-0.2, 0) is 4.79 Å². The van der Waals surface area contributed by atoms with Crippen molar-refractivity contribution >= 4 is 29.0 Å². The summed E-state index contributed by atoms with van der Waals surface area (Å²) >= 11 is 1.36. The predicted octanol–water partition coefficient (Wildman–Crippen LogP) is 2.78. The third-order valence-electron chi connectivity index (χ3n) is 5.54. The summed E-state index contributed by atoms with van der Waals surface area (Å²) in [6.45, 7) is 3.30. The van der Waals surface area contributed by atoms with Crippen molar-refractivity contribution < 1.29 is 23.9 Å². The highest BCUT2D eigenvalue weighted by Crippen LogP contribution is 2.44. The summed E-state index contributed by atoms with van der Waals surface area (Å²) in [4.78, 5) is 42.0. The summed E-state index contributed by atoms with van der Waals surface area (Å²) in [5.41, 5.74) is 0.618. The van der Waals surface area contributed by atoms with Gasteiger partial charge in [0.05, 0.1) is 22.2 Å². The van der Waals surface area contributed by atoms with E-state index in [1.54, 1.807) is 24.3 Å². The van der Waals surface area contributed by atoms with Gasteiger partial charge < -0.3 is 9.47 Å². The summed E-state index contributed by atoms with van der Waals surface area (Å²) in [5.74, 6) is 0.900. The summed E-state index contributed by atoms with van der Waals surface area (Å²) in [6, 6.07) is 9.67. The zero-order valence-electron chi connectivity index (χ0n) is 18.3. The van der Waals surface area contributed by atoms with Crippen LogP contribution >= 0.6 is 11.8 Å². The average Bonchev–Trinajstić information content (AvgIpc) is 3.28. The number of thioether (sulfide) groups is 1. The highest BCUT2D eigenvalue weighted by molar-refractivity contribution is 7.99. The van der Waals surface area contributed by atoms with Crippen LogP contribution in [0.4, 0.5) is 11.4 Å². The van der Waals surface area contributed by atoms with E-state index >= 15 is 0 Å². The molecule has 1 unspecified atom stereocenters. The topological polar surface area (TPSA) is 132 Å². The number of amides is 1. The number of nitrogens with zero attached hydrogens (tertiary/aromatic N) is 4. The van der Waals surface area contributed by atoms with Crippen molar-refractivity contribution in [3.63, 3.8) is 0 Å². The predicted molar refractivity (Wildman–Crippen MR) is 122 cm³/mol. The number of nitrogens with one attached hydrogen (secondary N) is 1. The molecule has 0 aliphatic carbocycles. The first-order valence-corrected chi connectivity index (χ1v) is 11.5. The largest absolute Gasteiger partial charge is 0.454 e. The van der Waals surface area contributed by atoms with E-state index in [0.717, 1.165) is 6.42 Å². The molecule has 11 nitrogen and oxygen atoms in total. The lowest BCUT2D eigenvalue weighted by molar-refractivity contribution is -0.763. The Morgan fingerprint density at radius 2 is 2.06 bits per heavy atom. The molecule has 2 aliphatic heterocycles. The van der Waals surface area contributed by atoms with Gasteiger partial charge in [-0.3, -0.25) is 24.7 Å². The molecule has 0 saturated carbocycles. The van der Waals surface area contributed by atoms with Gasteiger partial charge in [0.2, 0.25) is 17.9 Å². The first-order valence-electron chi connectivity index (χ1n) is 10.6.